The van der Waals surface area contributed by atoms with Crippen molar-refractivity contribution in [3.05, 3.63) is 12.0 Å². The Labute approximate surface area is 128 Å². The Bertz CT molecular complexity index is 417. The van der Waals surface area contributed by atoms with Gasteiger partial charge in [0.25, 0.3) is 0 Å². The van der Waals surface area contributed by atoms with Crippen molar-refractivity contribution in [2.75, 3.05) is 6.54 Å². The van der Waals surface area contributed by atoms with Gasteiger partial charge in [-0.3, -0.25) is 0 Å². The van der Waals surface area contributed by atoms with E-state index in [4.69, 9.17) is 9.15 Å². The highest BCUT2D eigenvalue weighted by Gasteiger charge is 2.33. The van der Waals surface area contributed by atoms with Crippen LogP contribution in [0.5, 0.6) is 6.08 Å². The molecule has 1 aliphatic rings. The minimum absolute atomic E-state index is 0.240. The summed E-state index contributed by atoms with van der Waals surface area (Å²) in [4.78, 5) is 4.44. The fourth-order valence-corrected chi connectivity index (χ4v) is 3.20. The maximum Gasteiger partial charge on any atom is 0.394 e. The van der Waals surface area contributed by atoms with Crippen LogP contribution in [0.1, 0.15) is 59.1 Å². The summed E-state index contributed by atoms with van der Waals surface area (Å²) in [7, 11) is 0. The summed E-state index contributed by atoms with van der Waals surface area (Å²) < 4.78 is 11.6. The fraction of sp³-hybridized carbons (Fsp3) is 0.824. The van der Waals surface area contributed by atoms with Crippen molar-refractivity contribution < 1.29 is 9.15 Å². The molecule has 4 heteroatoms. The molecule has 0 spiro atoms. The molecule has 0 aromatic carbocycles. The molecule has 1 heterocycles. The van der Waals surface area contributed by atoms with Crippen molar-refractivity contribution in [1.82, 2.24) is 10.3 Å². The molecular formula is C17H30N2O2. The molecule has 4 nitrogen and oxygen atoms in total. The molecule has 1 aromatic rings. The van der Waals surface area contributed by atoms with Crippen molar-refractivity contribution in [1.29, 1.82) is 0 Å². The van der Waals surface area contributed by atoms with E-state index in [1.807, 2.05) is 0 Å². The highest BCUT2D eigenvalue weighted by molar-refractivity contribution is 5.00. The van der Waals surface area contributed by atoms with Gasteiger partial charge in [-0.25, -0.2) is 0 Å². The first-order valence-corrected chi connectivity index (χ1v) is 8.42. The molecule has 3 atom stereocenters. The lowest BCUT2D eigenvalue weighted by Gasteiger charge is -2.36. The standard InChI is InChI=1S/C17H30N2O2/c1-5-8-18-10-14-11-20-17(19-14)21-16-9-13(4)6-7-15(16)12(2)3/h11-13,15-16,18H,5-10H2,1-4H3. The normalized spacial score (nSPS) is 26.2. The molecular weight excluding hydrogens is 264 g/mol. The Kier molecular flexibility index (Phi) is 6.09. The minimum Gasteiger partial charge on any atom is -0.447 e. The zero-order chi connectivity index (χ0) is 15.2. The van der Waals surface area contributed by atoms with Gasteiger partial charge in [0.1, 0.15) is 12.4 Å². The van der Waals surface area contributed by atoms with E-state index in [-0.39, 0.29) is 6.10 Å². The summed E-state index contributed by atoms with van der Waals surface area (Å²) in [5, 5.41) is 3.32. The van der Waals surface area contributed by atoms with Crippen molar-refractivity contribution >= 4 is 0 Å². The molecule has 1 aliphatic carbocycles. The molecule has 1 N–H and O–H groups in total. The van der Waals surface area contributed by atoms with Crippen LogP contribution < -0.4 is 10.1 Å². The summed E-state index contributed by atoms with van der Waals surface area (Å²) in [6, 6.07) is 0. The van der Waals surface area contributed by atoms with Gasteiger partial charge in [0.15, 0.2) is 0 Å². The number of rotatable bonds is 7. The van der Waals surface area contributed by atoms with Crippen LogP contribution in [0.15, 0.2) is 10.7 Å². The molecule has 3 unspecified atom stereocenters. The fourth-order valence-electron chi connectivity index (χ4n) is 3.20. The summed E-state index contributed by atoms with van der Waals surface area (Å²) in [5.74, 6) is 1.98. The second-order valence-corrected chi connectivity index (χ2v) is 6.76. The van der Waals surface area contributed by atoms with Gasteiger partial charge in [-0.15, -0.1) is 0 Å². The van der Waals surface area contributed by atoms with E-state index in [1.165, 1.54) is 12.8 Å². The Morgan fingerprint density at radius 2 is 2.24 bits per heavy atom. The van der Waals surface area contributed by atoms with E-state index in [0.717, 1.165) is 37.5 Å². The number of hydrogen-bond acceptors (Lipinski definition) is 4. The average Bonchev–Trinajstić information content (AvgIpc) is 2.86. The molecule has 1 aromatic heterocycles. The molecule has 0 amide bonds. The maximum absolute atomic E-state index is 6.08. The quantitative estimate of drug-likeness (QED) is 0.772. The smallest absolute Gasteiger partial charge is 0.394 e. The molecule has 1 fully saturated rings. The summed E-state index contributed by atoms with van der Waals surface area (Å²) >= 11 is 0. The van der Waals surface area contributed by atoms with E-state index in [9.17, 15) is 0 Å². The van der Waals surface area contributed by atoms with Crippen molar-refractivity contribution in [3.63, 3.8) is 0 Å². The highest BCUT2D eigenvalue weighted by Crippen LogP contribution is 2.35. The molecule has 2 rings (SSSR count). The highest BCUT2D eigenvalue weighted by atomic mass is 16.6. The summed E-state index contributed by atoms with van der Waals surface area (Å²) in [6.07, 6.45) is 7.16. The Morgan fingerprint density at radius 3 is 2.95 bits per heavy atom. The molecule has 1 saturated carbocycles. The number of aromatic nitrogens is 1. The molecule has 0 bridgehead atoms. The first-order chi connectivity index (χ1) is 10.1. The third-order valence-electron chi connectivity index (χ3n) is 4.48. The van der Waals surface area contributed by atoms with Gasteiger partial charge in [0, 0.05) is 6.54 Å². The summed E-state index contributed by atoms with van der Waals surface area (Å²) in [6.45, 7) is 10.8. The van der Waals surface area contributed by atoms with Gasteiger partial charge in [-0.05, 0) is 43.6 Å². The molecule has 21 heavy (non-hydrogen) atoms. The largest absolute Gasteiger partial charge is 0.447 e. The second kappa shape index (κ2) is 7.83. The van der Waals surface area contributed by atoms with Gasteiger partial charge in [0.2, 0.25) is 0 Å². The number of nitrogens with zero attached hydrogens (tertiary/aromatic N) is 1. The van der Waals surface area contributed by atoms with Crippen LogP contribution in [0.2, 0.25) is 0 Å². The molecule has 0 aliphatic heterocycles. The van der Waals surface area contributed by atoms with Crippen molar-refractivity contribution in [2.45, 2.75) is 66.0 Å². The van der Waals surface area contributed by atoms with Crippen LogP contribution in [-0.4, -0.2) is 17.6 Å². The van der Waals surface area contributed by atoms with E-state index in [0.29, 0.717) is 17.9 Å². The Balaban J connectivity index is 1.92. The lowest BCUT2D eigenvalue weighted by atomic mass is 9.75. The average molecular weight is 294 g/mol. The van der Waals surface area contributed by atoms with Gasteiger partial charge < -0.3 is 14.5 Å². The van der Waals surface area contributed by atoms with Crippen molar-refractivity contribution in [3.8, 4) is 6.08 Å². The van der Waals surface area contributed by atoms with Crippen LogP contribution in [-0.2, 0) is 6.54 Å². The van der Waals surface area contributed by atoms with Crippen LogP contribution in [0.4, 0.5) is 0 Å². The summed E-state index contributed by atoms with van der Waals surface area (Å²) in [5.41, 5.74) is 0.920. The van der Waals surface area contributed by atoms with Gasteiger partial charge in [-0.2, -0.15) is 4.98 Å². The first kappa shape index (κ1) is 16.3. The predicted molar refractivity (Wildman–Crippen MR) is 84.3 cm³/mol. The minimum atomic E-state index is 0.240. The van der Waals surface area contributed by atoms with Gasteiger partial charge >= 0.3 is 6.08 Å². The van der Waals surface area contributed by atoms with Gasteiger partial charge in [0.05, 0.1) is 5.69 Å². The van der Waals surface area contributed by atoms with E-state index < -0.39 is 0 Å². The second-order valence-electron chi connectivity index (χ2n) is 6.76. The van der Waals surface area contributed by atoms with Crippen LogP contribution >= 0.6 is 0 Å². The zero-order valence-corrected chi connectivity index (χ0v) is 13.9. The Hall–Kier alpha value is -1.03. The maximum atomic E-state index is 6.08. The SMILES string of the molecule is CCCNCc1coc(OC2CC(C)CCC2C(C)C)n1. The van der Waals surface area contributed by atoms with E-state index >= 15 is 0 Å². The monoisotopic (exact) mass is 294 g/mol. The number of ether oxygens (including phenoxy) is 1. The van der Waals surface area contributed by atoms with Crippen LogP contribution in [0.3, 0.4) is 0 Å². The zero-order valence-electron chi connectivity index (χ0n) is 13.9. The molecule has 0 saturated heterocycles. The molecule has 120 valence electrons. The van der Waals surface area contributed by atoms with E-state index in [1.54, 1.807) is 6.26 Å². The number of oxazole rings is 1. The first-order valence-electron chi connectivity index (χ1n) is 8.42. The predicted octanol–water partition coefficient (Wildman–Crippen LogP) is 4.01. The van der Waals surface area contributed by atoms with Gasteiger partial charge in [-0.1, -0.05) is 34.1 Å². The van der Waals surface area contributed by atoms with Crippen molar-refractivity contribution in [2.24, 2.45) is 17.8 Å². The Morgan fingerprint density at radius 1 is 1.43 bits per heavy atom. The van der Waals surface area contributed by atoms with Crippen LogP contribution in [0.25, 0.3) is 0 Å². The van der Waals surface area contributed by atoms with E-state index in [2.05, 4.69) is 38.0 Å². The third kappa shape index (κ3) is 4.73. The molecule has 0 radical (unpaired) electrons. The number of hydrogen-bond donors (Lipinski definition) is 1. The van der Waals surface area contributed by atoms with Crippen LogP contribution in [0, 0.1) is 17.8 Å². The number of nitrogens with one attached hydrogen (secondary N) is 1. The lowest BCUT2D eigenvalue weighted by molar-refractivity contribution is 0.0245. The topological polar surface area (TPSA) is 47.3 Å². The third-order valence-corrected chi connectivity index (χ3v) is 4.48. The lowest BCUT2D eigenvalue weighted by Crippen LogP contribution is -2.36.